The Labute approximate surface area is 132 Å². The van der Waals surface area contributed by atoms with Crippen LogP contribution in [0.15, 0.2) is 0 Å². The average molecular weight is 293 g/mol. The summed E-state index contributed by atoms with van der Waals surface area (Å²) in [5.74, 6) is 1.03. The van der Waals surface area contributed by atoms with Gasteiger partial charge >= 0.3 is 0 Å². The third-order valence-corrected chi connectivity index (χ3v) is 6.41. The zero-order valence-corrected chi connectivity index (χ0v) is 14.2. The van der Waals surface area contributed by atoms with Crippen molar-refractivity contribution in [3.05, 3.63) is 0 Å². The number of nitrogens with zero attached hydrogens (tertiary/aromatic N) is 1. The molecule has 3 atom stereocenters. The first kappa shape index (κ1) is 15.8. The minimum atomic E-state index is 0.761. The predicted octanol–water partition coefficient (Wildman–Crippen LogP) is 4.34. The van der Waals surface area contributed by atoms with E-state index in [9.17, 15) is 0 Å². The first-order chi connectivity index (χ1) is 10.4. The second-order valence-electron chi connectivity index (χ2n) is 7.72. The van der Waals surface area contributed by atoms with E-state index in [1.165, 1.54) is 83.6 Å². The number of hydrogen-bond acceptors (Lipinski definition) is 2. The number of likely N-dealkylation sites (N-methyl/N-ethyl adjacent to an activating group) is 1. The van der Waals surface area contributed by atoms with Crippen LogP contribution in [0.5, 0.6) is 0 Å². The lowest BCUT2D eigenvalue weighted by molar-refractivity contribution is 0.0918. The highest BCUT2D eigenvalue weighted by Crippen LogP contribution is 2.38. The van der Waals surface area contributed by atoms with E-state index in [0.29, 0.717) is 0 Å². The highest BCUT2D eigenvalue weighted by atomic mass is 15.2. The fourth-order valence-corrected chi connectivity index (χ4v) is 5.44. The lowest BCUT2D eigenvalue weighted by Crippen LogP contribution is -2.53. The van der Waals surface area contributed by atoms with Crippen LogP contribution in [0.1, 0.15) is 84.0 Å². The van der Waals surface area contributed by atoms with E-state index < -0.39 is 0 Å². The van der Waals surface area contributed by atoms with E-state index in [2.05, 4.69) is 17.1 Å². The molecule has 1 N–H and O–H groups in total. The van der Waals surface area contributed by atoms with Gasteiger partial charge in [0.15, 0.2) is 0 Å². The monoisotopic (exact) mass is 292 g/mol. The molecule has 21 heavy (non-hydrogen) atoms. The number of hydrogen-bond donors (Lipinski definition) is 1. The van der Waals surface area contributed by atoms with Crippen molar-refractivity contribution < 1.29 is 0 Å². The molecule has 2 saturated carbocycles. The molecule has 0 aromatic carbocycles. The quantitative estimate of drug-likeness (QED) is 0.829. The maximum absolute atomic E-state index is 3.85. The van der Waals surface area contributed by atoms with Gasteiger partial charge in [-0.3, -0.25) is 4.90 Å². The van der Waals surface area contributed by atoms with Crippen LogP contribution in [0.25, 0.3) is 0 Å². The largest absolute Gasteiger partial charge is 0.313 e. The van der Waals surface area contributed by atoms with Gasteiger partial charge in [-0.2, -0.15) is 0 Å². The Kier molecular flexibility index (Phi) is 5.99. The van der Waals surface area contributed by atoms with E-state index in [-0.39, 0.29) is 0 Å². The van der Waals surface area contributed by atoms with E-state index >= 15 is 0 Å². The maximum atomic E-state index is 3.85. The normalized spacial score (nSPS) is 36.7. The van der Waals surface area contributed by atoms with Crippen LogP contribution in [0, 0.1) is 5.92 Å². The smallest absolute Gasteiger partial charge is 0.0252 e. The highest BCUT2D eigenvalue weighted by Gasteiger charge is 2.39. The van der Waals surface area contributed by atoms with Gasteiger partial charge in [0.05, 0.1) is 0 Å². The van der Waals surface area contributed by atoms with Gasteiger partial charge < -0.3 is 5.32 Å². The summed E-state index contributed by atoms with van der Waals surface area (Å²) in [6.07, 6.45) is 17.6. The fourth-order valence-electron chi connectivity index (χ4n) is 5.44. The summed E-state index contributed by atoms with van der Waals surface area (Å²) in [6.45, 7) is 4.81. The molecule has 0 aromatic rings. The third kappa shape index (κ3) is 3.82. The van der Waals surface area contributed by atoms with Crippen molar-refractivity contribution in [2.24, 2.45) is 5.92 Å². The van der Waals surface area contributed by atoms with Crippen LogP contribution in [-0.4, -0.2) is 36.1 Å². The second kappa shape index (κ2) is 7.97. The molecule has 2 nitrogen and oxygen atoms in total. The van der Waals surface area contributed by atoms with Crippen LogP contribution >= 0.6 is 0 Å². The maximum Gasteiger partial charge on any atom is 0.0252 e. The first-order valence-corrected chi connectivity index (χ1v) is 9.89. The molecule has 1 saturated heterocycles. The molecule has 3 rings (SSSR count). The summed E-state index contributed by atoms with van der Waals surface area (Å²) in [5.41, 5.74) is 0. The summed E-state index contributed by atoms with van der Waals surface area (Å²) in [5, 5.41) is 3.85. The highest BCUT2D eigenvalue weighted by molar-refractivity contribution is 4.95. The Balaban J connectivity index is 1.69. The predicted molar refractivity (Wildman–Crippen MR) is 90.6 cm³/mol. The van der Waals surface area contributed by atoms with Crippen LogP contribution in [0.4, 0.5) is 0 Å². The molecule has 1 aliphatic heterocycles. The third-order valence-electron chi connectivity index (χ3n) is 6.41. The van der Waals surface area contributed by atoms with Crippen LogP contribution in [0.3, 0.4) is 0 Å². The Morgan fingerprint density at radius 1 is 0.762 bits per heavy atom. The van der Waals surface area contributed by atoms with E-state index in [0.717, 1.165) is 30.6 Å². The van der Waals surface area contributed by atoms with Gasteiger partial charge in [-0.25, -0.2) is 0 Å². The van der Waals surface area contributed by atoms with Crippen molar-refractivity contribution in [3.63, 3.8) is 0 Å². The van der Waals surface area contributed by atoms with E-state index in [1.807, 2.05) is 0 Å². The average Bonchev–Trinajstić information content (AvgIpc) is 3.12. The first-order valence-electron chi connectivity index (χ1n) is 9.89. The molecule has 3 fully saturated rings. The van der Waals surface area contributed by atoms with Crippen molar-refractivity contribution in [1.29, 1.82) is 0 Å². The van der Waals surface area contributed by atoms with Crippen molar-refractivity contribution in [1.82, 2.24) is 10.2 Å². The summed E-state index contributed by atoms with van der Waals surface area (Å²) in [4.78, 5) is 2.98. The molecule has 2 heteroatoms. The van der Waals surface area contributed by atoms with Gasteiger partial charge in [0, 0.05) is 18.1 Å². The SMILES string of the molecule is CCNC1CCCCCCC1N1CCCC1C1CCCC1. The zero-order chi connectivity index (χ0) is 14.5. The number of likely N-dealkylation sites (tertiary alicyclic amines) is 1. The van der Waals surface area contributed by atoms with Gasteiger partial charge in [0.25, 0.3) is 0 Å². The van der Waals surface area contributed by atoms with E-state index in [4.69, 9.17) is 0 Å². The lowest BCUT2D eigenvalue weighted by atomic mass is 9.88. The minimum absolute atomic E-state index is 0.761. The van der Waals surface area contributed by atoms with Crippen LogP contribution < -0.4 is 5.32 Å². The molecule has 122 valence electrons. The molecule has 0 aromatic heterocycles. The topological polar surface area (TPSA) is 15.3 Å². The summed E-state index contributed by atoms with van der Waals surface area (Å²) >= 11 is 0. The summed E-state index contributed by atoms with van der Waals surface area (Å²) < 4.78 is 0. The molecular weight excluding hydrogens is 256 g/mol. The molecule has 0 bridgehead atoms. The van der Waals surface area contributed by atoms with Crippen LogP contribution in [0.2, 0.25) is 0 Å². The summed E-state index contributed by atoms with van der Waals surface area (Å²) in [6, 6.07) is 2.52. The molecule has 0 radical (unpaired) electrons. The second-order valence-corrected chi connectivity index (χ2v) is 7.72. The van der Waals surface area contributed by atoms with Gasteiger partial charge in [0.2, 0.25) is 0 Å². The standard InChI is InChI=1S/C19H36N2/c1-2-20-17-12-5-3-4-6-13-19(17)21-15-9-14-18(21)16-10-7-8-11-16/h16-20H,2-15H2,1H3. The minimum Gasteiger partial charge on any atom is -0.313 e. The number of nitrogens with one attached hydrogen (secondary N) is 1. The Hall–Kier alpha value is -0.0800. The van der Waals surface area contributed by atoms with Gasteiger partial charge in [-0.05, 0) is 57.5 Å². The van der Waals surface area contributed by atoms with Gasteiger partial charge in [0.1, 0.15) is 0 Å². The Bertz CT molecular complexity index is 298. The lowest BCUT2D eigenvalue weighted by Gasteiger charge is -2.41. The molecule has 0 amide bonds. The zero-order valence-electron chi connectivity index (χ0n) is 14.2. The molecule has 3 unspecified atom stereocenters. The van der Waals surface area contributed by atoms with Gasteiger partial charge in [-0.1, -0.05) is 45.4 Å². The number of rotatable bonds is 4. The molecule has 3 aliphatic rings. The molecular formula is C19H36N2. The van der Waals surface area contributed by atoms with Crippen molar-refractivity contribution >= 4 is 0 Å². The molecule has 2 aliphatic carbocycles. The molecule has 1 heterocycles. The van der Waals surface area contributed by atoms with E-state index in [1.54, 1.807) is 0 Å². The summed E-state index contributed by atoms with van der Waals surface area (Å²) in [7, 11) is 0. The Morgan fingerprint density at radius 2 is 1.43 bits per heavy atom. The van der Waals surface area contributed by atoms with Gasteiger partial charge in [-0.15, -0.1) is 0 Å². The molecule has 0 spiro atoms. The Morgan fingerprint density at radius 3 is 2.19 bits per heavy atom. The van der Waals surface area contributed by atoms with Crippen molar-refractivity contribution in [2.75, 3.05) is 13.1 Å². The van der Waals surface area contributed by atoms with Crippen molar-refractivity contribution in [3.8, 4) is 0 Å². The van der Waals surface area contributed by atoms with Crippen molar-refractivity contribution in [2.45, 2.75) is 102 Å². The fraction of sp³-hybridized carbons (Fsp3) is 1.00. The van der Waals surface area contributed by atoms with Crippen LogP contribution in [-0.2, 0) is 0 Å².